The number of rotatable bonds is 8. The molecule has 31 heavy (non-hydrogen) atoms. The number of hydrogen-bond donors (Lipinski definition) is 1. The average molecular weight is 439 g/mol. The molecule has 0 fully saturated rings. The van der Waals surface area contributed by atoms with Crippen LogP contribution < -0.4 is 9.64 Å². The summed E-state index contributed by atoms with van der Waals surface area (Å²) in [6.07, 6.45) is 0.693. The average Bonchev–Trinajstić information content (AvgIpc) is 3.41. The monoisotopic (exact) mass is 438 g/mol. The topological polar surface area (TPSA) is 106 Å². The van der Waals surface area contributed by atoms with Crippen LogP contribution in [0.15, 0.2) is 41.8 Å². The van der Waals surface area contributed by atoms with Gasteiger partial charge in [-0.2, -0.15) is 0 Å². The molecule has 0 saturated carbocycles. The molecule has 2 aromatic heterocycles. The van der Waals surface area contributed by atoms with Crippen molar-refractivity contribution in [3.63, 3.8) is 0 Å². The number of unbranched alkanes of at least 4 members (excludes halogenated alkanes) is 1. The lowest BCUT2D eigenvalue weighted by Crippen LogP contribution is -2.30. The zero-order valence-corrected chi connectivity index (χ0v) is 18.0. The maximum absolute atomic E-state index is 11.6. The second kappa shape index (κ2) is 9.09. The second-order valence-corrected chi connectivity index (χ2v) is 7.82. The van der Waals surface area contributed by atoms with Gasteiger partial charge in [0.15, 0.2) is 11.0 Å². The fourth-order valence-corrected chi connectivity index (χ4v) is 4.10. The molecular weight excluding hydrogens is 416 g/mol. The molecule has 0 radical (unpaired) electrons. The lowest BCUT2D eigenvalue weighted by atomic mass is 10.0. The molecule has 2 heterocycles. The number of aromatic nitrogens is 5. The van der Waals surface area contributed by atoms with Gasteiger partial charge in [0.05, 0.1) is 11.3 Å². The lowest BCUT2D eigenvalue weighted by Gasteiger charge is -2.15. The van der Waals surface area contributed by atoms with Gasteiger partial charge in [-0.3, -0.25) is 4.90 Å². The number of nitrogens with zero attached hydrogens (tertiary/aromatic N) is 6. The highest BCUT2D eigenvalue weighted by Crippen LogP contribution is 2.36. The first-order chi connectivity index (χ1) is 15.1. The minimum absolute atomic E-state index is 0.203. The van der Waals surface area contributed by atoms with E-state index in [1.54, 1.807) is 11.7 Å². The molecule has 0 spiro atoms. The van der Waals surface area contributed by atoms with Crippen molar-refractivity contribution >= 4 is 33.3 Å². The molecule has 4 aromatic rings. The predicted octanol–water partition coefficient (Wildman–Crippen LogP) is 4.35. The number of fused-ring (bicyclic) bond motifs is 1. The van der Waals surface area contributed by atoms with Crippen molar-refractivity contribution in [1.29, 1.82) is 0 Å². The number of thiazole rings is 1. The number of ether oxygens (including phenoxy) is 1. The second-order valence-electron chi connectivity index (χ2n) is 6.98. The van der Waals surface area contributed by atoms with Crippen molar-refractivity contribution in [3.8, 4) is 17.1 Å². The SMILES string of the molecule is CCCCN(C(=O)O)c1nc(COc2ccc3ccccc3c2-c2nnnn2C)cs1. The minimum atomic E-state index is -0.998. The molecule has 0 aliphatic heterocycles. The number of amides is 1. The third-order valence-corrected chi connectivity index (χ3v) is 5.76. The van der Waals surface area contributed by atoms with Crippen LogP contribution in [-0.2, 0) is 13.7 Å². The van der Waals surface area contributed by atoms with Crippen LogP contribution in [0.5, 0.6) is 5.75 Å². The fourth-order valence-electron chi connectivity index (χ4n) is 3.27. The number of carboxylic acid groups (broad SMARTS) is 1. The highest BCUT2D eigenvalue weighted by molar-refractivity contribution is 7.14. The Kier molecular flexibility index (Phi) is 6.08. The summed E-state index contributed by atoms with van der Waals surface area (Å²) >= 11 is 1.30. The van der Waals surface area contributed by atoms with Crippen LogP contribution in [0.25, 0.3) is 22.2 Å². The highest BCUT2D eigenvalue weighted by atomic mass is 32.1. The first-order valence-electron chi connectivity index (χ1n) is 9.90. The van der Waals surface area contributed by atoms with Crippen molar-refractivity contribution in [2.75, 3.05) is 11.4 Å². The van der Waals surface area contributed by atoms with Gasteiger partial charge < -0.3 is 9.84 Å². The molecule has 0 unspecified atom stereocenters. The zero-order valence-electron chi connectivity index (χ0n) is 17.2. The Labute approximate surface area is 182 Å². The molecule has 0 aliphatic carbocycles. The summed E-state index contributed by atoms with van der Waals surface area (Å²) < 4.78 is 7.72. The minimum Gasteiger partial charge on any atom is -0.486 e. The van der Waals surface area contributed by atoms with Gasteiger partial charge in [0.1, 0.15) is 12.4 Å². The third kappa shape index (κ3) is 4.33. The summed E-state index contributed by atoms with van der Waals surface area (Å²) in [7, 11) is 1.78. The van der Waals surface area contributed by atoms with E-state index in [2.05, 4.69) is 20.5 Å². The summed E-state index contributed by atoms with van der Waals surface area (Å²) in [6.45, 7) is 2.65. The summed E-state index contributed by atoms with van der Waals surface area (Å²) in [4.78, 5) is 17.3. The molecule has 1 N–H and O–H groups in total. The van der Waals surface area contributed by atoms with Crippen LogP contribution in [0.2, 0.25) is 0 Å². The Morgan fingerprint density at radius 2 is 2.10 bits per heavy atom. The summed E-state index contributed by atoms with van der Waals surface area (Å²) in [5.74, 6) is 1.23. The molecule has 0 aliphatic rings. The summed E-state index contributed by atoms with van der Waals surface area (Å²) in [5, 5.41) is 25.7. The van der Waals surface area contributed by atoms with Gasteiger partial charge in [0.2, 0.25) is 0 Å². The number of hydrogen-bond acceptors (Lipinski definition) is 7. The predicted molar refractivity (Wildman–Crippen MR) is 118 cm³/mol. The van der Waals surface area contributed by atoms with Crippen molar-refractivity contribution in [3.05, 3.63) is 47.5 Å². The molecule has 0 atom stereocenters. The van der Waals surface area contributed by atoms with E-state index in [0.717, 1.165) is 29.2 Å². The van der Waals surface area contributed by atoms with E-state index in [9.17, 15) is 9.90 Å². The van der Waals surface area contributed by atoms with Gasteiger partial charge in [-0.1, -0.05) is 43.7 Å². The number of anilines is 1. The van der Waals surface area contributed by atoms with Gasteiger partial charge in [0, 0.05) is 19.0 Å². The van der Waals surface area contributed by atoms with E-state index < -0.39 is 6.09 Å². The summed E-state index contributed by atoms with van der Waals surface area (Å²) in [5.41, 5.74) is 1.47. The quantitative estimate of drug-likeness (QED) is 0.436. The molecule has 0 bridgehead atoms. The largest absolute Gasteiger partial charge is 0.486 e. The van der Waals surface area contributed by atoms with Crippen molar-refractivity contribution in [2.24, 2.45) is 7.05 Å². The van der Waals surface area contributed by atoms with Gasteiger partial charge >= 0.3 is 6.09 Å². The Balaban J connectivity index is 1.61. The van der Waals surface area contributed by atoms with E-state index in [-0.39, 0.29) is 6.61 Å². The number of carbonyl (C=O) groups is 1. The maximum Gasteiger partial charge on any atom is 0.413 e. The Hall–Kier alpha value is -3.53. The first kappa shape index (κ1) is 20.7. The van der Waals surface area contributed by atoms with Gasteiger partial charge in [0.25, 0.3) is 0 Å². The van der Waals surface area contributed by atoms with Crippen molar-refractivity contribution < 1.29 is 14.6 Å². The smallest absolute Gasteiger partial charge is 0.413 e. The van der Waals surface area contributed by atoms with Crippen LogP contribution in [0.3, 0.4) is 0 Å². The molecule has 0 saturated heterocycles. The van der Waals surface area contributed by atoms with E-state index in [1.165, 1.54) is 16.2 Å². The Morgan fingerprint density at radius 1 is 1.26 bits per heavy atom. The van der Waals surface area contributed by atoms with Crippen LogP contribution >= 0.6 is 11.3 Å². The number of aryl methyl sites for hydroxylation is 1. The van der Waals surface area contributed by atoms with Gasteiger partial charge in [-0.25, -0.2) is 14.5 Å². The van der Waals surface area contributed by atoms with E-state index in [4.69, 9.17) is 4.74 Å². The molecule has 2 aromatic carbocycles. The van der Waals surface area contributed by atoms with Crippen LogP contribution in [0, 0.1) is 0 Å². The molecule has 9 nitrogen and oxygen atoms in total. The molecule has 1 amide bonds. The van der Waals surface area contributed by atoms with Crippen LogP contribution in [0.4, 0.5) is 9.93 Å². The fraction of sp³-hybridized carbons (Fsp3) is 0.286. The number of benzene rings is 2. The van der Waals surface area contributed by atoms with Crippen molar-refractivity contribution in [1.82, 2.24) is 25.2 Å². The molecule has 10 heteroatoms. The van der Waals surface area contributed by atoms with Crippen LogP contribution in [0.1, 0.15) is 25.5 Å². The Morgan fingerprint density at radius 3 is 2.84 bits per heavy atom. The summed E-state index contributed by atoms with van der Waals surface area (Å²) in [6, 6.07) is 11.8. The highest BCUT2D eigenvalue weighted by Gasteiger charge is 2.19. The van der Waals surface area contributed by atoms with E-state index in [1.807, 2.05) is 48.7 Å². The number of tetrazole rings is 1. The zero-order chi connectivity index (χ0) is 21.8. The van der Waals surface area contributed by atoms with Crippen LogP contribution in [-0.4, -0.2) is 42.9 Å². The first-order valence-corrected chi connectivity index (χ1v) is 10.8. The normalized spacial score (nSPS) is 11.0. The maximum atomic E-state index is 11.6. The standard InChI is InChI=1S/C21H22N6O3S/c1-3-4-11-27(21(28)29)20-22-15(13-31-20)12-30-17-10-9-14-7-5-6-8-16(14)18(17)19-23-24-25-26(19)2/h5-10,13H,3-4,11-12H2,1-2H3,(H,28,29). The van der Waals surface area contributed by atoms with E-state index >= 15 is 0 Å². The molecule has 4 rings (SSSR count). The van der Waals surface area contributed by atoms with Gasteiger partial charge in [-0.05, 0) is 33.7 Å². The van der Waals surface area contributed by atoms with E-state index in [0.29, 0.717) is 28.9 Å². The Bertz CT molecular complexity index is 1200. The third-order valence-electron chi connectivity index (χ3n) is 4.85. The van der Waals surface area contributed by atoms with Gasteiger partial charge in [-0.15, -0.1) is 16.4 Å². The molecular formula is C21H22N6O3S. The molecule has 160 valence electrons. The van der Waals surface area contributed by atoms with Crippen molar-refractivity contribution in [2.45, 2.75) is 26.4 Å². The lowest BCUT2D eigenvalue weighted by molar-refractivity contribution is 0.201.